The Bertz CT molecular complexity index is 952. The number of anilines is 1. The van der Waals surface area contributed by atoms with Crippen LogP contribution in [0.2, 0.25) is 0 Å². The second-order valence-corrected chi connectivity index (χ2v) is 6.36. The lowest BCUT2D eigenvalue weighted by Gasteiger charge is -2.09. The summed E-state index contributed by atoms with van der Waals surface area (Å²) in [6.07, 6.45) is -1.60. The van der Waals surface area contributed by atoms with Gasteiger partial charge in [0.05, 0.1) is 23.0 Å². The van der Waals surface area contributed by atoms with Gasteiger partial charge in [-0.25, -0.2) is 9.67 Å². The highest BCUT2D eigenvalue weighted by Gasteiger charge is 2.30. The fourth-order valence-corrected chi connectivity index (χ4v) is 2.72. The molecule has 0 fully saturated rings. The van der Waals surface area contributed by atoms with Gasteiger partial charge in [-0.2, -0.15) is 18.3 Å². The van der Waals surface area contributed by atoms with Crippen LogP contribution in [0.4, 0.5) is 18.9 Å². The van der Waals surface area contributed by atoms with Gasteiger partial charge in [0.2, 0.25) is 0 Å². The van der Waals surface area contributed by atoms with E-state index < -0.39 is 11.7 Å². The average molecular weight is 403 g/mol. The Hall–Kier alpha value is -3.36. The molecular weight excluding hydrogens is 383 g/mol. The Morgan fingerprint density at radius 3 is 2.48 bits per heavy atom. The maximum atomic E-state index is 12.7. The number of carbonyl (C=O) groups excluding carboxylic acids is 1. The van der Waals surface area contributed by atoms with Crippen LogP contribution in [0.15, 0.2) is 54.9 Å². The van der Waals surface area contributed by atoms with Crippen molar-refractivity contribution in [3.8, 4) is 5.82 Å². The molecule has 2 heterocycles. The summed E-state index contributed by atoms with van der Waals surface area (Å²) in [7, 11) is 0. The van der Waals surface area contributed by atoms with Gasteiger partial charge in [-0.3, -0.25) is 4.79 Å². The minimum absolute atomic E-state index is 0.210. The van der Waals surface area contributed by atoms with Crippen molar-refractivity contribution < 1.29 is 18.0 Å². The summed E-state index contributed by atoms with van der Waals surface area (Å²) in [6.45, 7) is 2.85. The third-order valence-corrected chi connectivity index (χ3v) is 4.29. The Balaban J connectivity index is 1.55. The van der Waals surface area contributed by atoms with E-state index in [1.807, 2.05) is 30.3 Å². The van der Waals surface area contributed by atoms with Crippen LogP contribution in [0.25, 0.3) is 5.82 Å². The molecule has 0 spiro atoms. The SMILES string of the molecule is Cc1c(C(=O)NCCCNc2ccccc2)cnn1-c1ccc(C(F)(F)F)cn1. The second kappa shape index (κ2) is 8.76. The number of alkyl halides is 3. The summed E-state index contributed by atoms with van der Waals surface area (Å²) in [5.41, 5.74) is 1.02. The molecule has 1 aromatic carbocycles. The summed E-state index contributed by atoms with van der Waals surface area (Å²) < 4.78 is 39.3. The van der Waals surface area contributed by atoms with Gasteiger partial charge in [0, 0.05) is 25.0 Å². The lowest BCUT2D eigenvalue weighted by molar-refractivity contribution is -0.137. The molecule has 0 aliphatic heterocycles. The monoisotopic (exact) mass is 403 g/mol. The normalized spacial score (nSPS) is 11.3. The third-order valence-electron chi connectivity index (χ3n) is 4.29. The van der Waals surface area contributed by atoms with Crippen molar-refractivity contribution in [2.24, 2.45) is 0 Å². The Morgan fingerprint density at radius 2 is 1.83 bits per heavy atom. The van der Waals surface area contributed by atoms with Crippen LogP contribution in [-0.4, -0.2) is 33.8 Å². The summed E-state index contributed by atoms with van der Waals surface area (Å²) in [6, 6.07) is 11.9. The number of nitrogens with zero attached hydrogens (tertiary/aromatic N) is 3. The number of hydrogen-bond acceptors (Lipinski definition) is 4. The predicted molar refractivity (Wildman–Crippen MR) is 103 cm³/mol. The predicted octanol–water partition coefficient (Wildman–Crippen LogP) is 3.83. The van der Waals surface area contributed by atoms with E-state index in [9.17, 15) is 18.0 Å². The standard InChI is InChI=1S/C20H20F3N5O/c1-14-17(19(29)25-11-5-10-24-16-6-3-2-4-7-16)13-27-28(14)18-9-8-15(12-26-18)20(21,22)23/h2-4,6-9,12-13,24H,5,10-11H2,1H3,(H,25,29). The van der Waals surface area contributed by atoms with Crippen molar-refractivity contribution in [2.45, 2.75) is 19.5 Å². The Kier molecular flexibility index (Phi) is 6.16. The lowest BCUT2D eigenvalue weighted by Crippen LogP contribution is -2.26. The van der Waals surface area contributed by atoms with E-state index in [4.69, 9.17) is 0 Å². The van der Waals surface area contributed by atoms with Gasteiger partial charge in [-0.05, 0) is 37.6 Å². The molecule has 9 heteroatoms. The average Bonchev–Trinajstić information content (AvgIpc) is 3.09. The number of nitrogens with one attached hydrogen (secondary N) is 2. The fourth-order valence-electron chi connectivity index (χ4n) is 2.72. The van der Waals surface area contributed by atoms with Gasteiger partial charge < -0.3 is 10.6 Å². The highest BCUT2D eigenvalue weighted by Crippen LogP contribution is 2.28. The quantitative estimate of drug-likeness (QED) is 0.589. The molecule has 3 rings (SSSR count). The first kappa shape index (κ1) is 20.4. The Labute approximate surface area is 165 Å². The number of rotatable bonds is 7. The van der Waals surface area contributed by atoms with Crippen LogP contribution in [0, 0.1) is 6.92 Å². The van der Waals surface area contributed by atoms with Crippen molar-refractivity contribution in [3.63, 3.8) is 0 Å². The number of para-hydroxylation sites is 1. The van der Waals surface area contributed by atoms with Crippen molar-refractivity contribution in [2.75, 3.05) is 18.4 Å². The van der Waals surface area contributed by atoms with Gasteiger partial charge in [-0.1, -0.05) is 18.2 Å². The molecule has 0 saturated carbocycles. The molecule has 0 atom stereocenters. The summed E-state index contributed by atoms with van der Waals surface area (Å²) >= 11 is 0. The smallest absolute Gasteiger partial charge is 0.385 e. The first-order valence-electron chi connectivity index (χ1n) is 9.01. The van der Waals surface area contributed by atoms with E-state index in [2.05, 4.69) is 20.7 Å². The lowest BCUT2D eigenvalue weighted by atomic mass is 10.2. The molecule has 0 aliphatic rings. The summed E-state index contributed by atoms with van der Waals surface area (Å²) in [4.78, 5) is 16.2. The maximum absolute atomic E-state index is 12.7. The largest absolute Gasteiger partial charge is 0.417 e. The number of pyridine rings is 1. The molecule has 0 radical (unpaired) electrons. The zero-order valence-electron chi connectivity index (χ0n) is 15.7. The number of aromatic nitrogens is 3. The van der Waals surface area contributed by atoms with E-state index in [1.54, 1.807) is 6.92 Å². The van der Waals surface area contributed by atoms with Gasteiger partial charge >= 0.3 is 6.18 Å². The first-order valence-corrected chi connectivity index (χ1v) is 9.01. The molecule has 0 saturated heterocycles. The molecule has 152 valence electrons. The van der Waals surface area contributed by atoms with Crippen molar-refractivity contribution >= 4 is 11.6 Å². The molecule has 6 nitrogen and oxygen atoms in total. The highest BCUT2D eigenvalue weighted by atomic mass is 19.4. The van der Waals surface area contributed by atoms with Crippen molar-refractivity contribution in [3.05, 3.63) is 71.7 Å². The van der Waals surface area contributed by atoms with Gasteiger partial charge in [0.1, 0.15) is 0 Å². The molecular formula is C20H20F3N5O. The molecule has 2 aromatic heterocycles. The highest BCUT2D eigenvalue weighted by molar-refractivity contribution is 5.95. The first-order chi connectivity index (χ1) is 13.9. The minimum atomic E-state index is -4.45. The second-order valence-electron chi connectivity index (χ2n) is 6.36. The van der Waals surface area contributed by atoms with E-state index in [0.29, 0.717) is 24.3 Å². The minimum Gasteiger partial charge on any atom is -0.385 e. The Morgan fingerprint density at radius 1 is 1.07 bits per heavy atom. The summed E-state index contributed by atoms with van der Waals surface area (Å²) in [5, 5.41) is 10.2. The maximum Gasteiger partial charge on any atom is 0.417 e. The van der Waals surface area contributed by atoms with Crippen LogP contribution in [0.3, 0.4) is 0 Å². The van der Waals surface area contributed by atoms with E-state index in [1.165, 1.54) is 16.9 Å². The van der Waals surface area contributed by atoms with Gasteiger partial charge in [0.25, 0.3) is 5.91 Å². The van der Waals surface area contributed by atoms with E-state index in [-0.39, 0.29) is 11.7 Å². The fraction of sp³-hybridized carbons (Fsp3) is 0.250. The number of benzene rings is 1. The zero-order chi connectivity index (χ0) is 20.9. The van der Waals surface area contributed by atoms with Crippen LogP contribution in [-0.2, 0) is 6.18 Å². The molecule has 1 amide bonds. The van der Waals surface area contributed by atoms with Gasteiger partial charge in [0.15, 0.2) is 5.82 Å². The van der Waals surface area contributed by atoms with Crippen molar-refractivity contribution in [1.29, 1.82) is 0 Å². The van der Waals surface area contributed by atoms with Crippen LogP contribution in [0.1, 0.15) is 28.0 Å². The number of halogens is 3. The number of hydrogen-bond donors (Lipinski definition) is 2. The third kappa shape index (κ3) is 5.13. The molecule has 0 unspecified atom stereocenters. The number of amides is 1. The van der Waals surface area contributed by atoms with Crippen LogP contribution >= 0.6 is 0 Å². The number of carbonyl (C=O) groups is 1. The van der Waals surface area contributed by atoms with Crippen LogP contribution in [0.5, 0.6) is 0 Å². The zero-order valence-corrected chi connectivity index (χ0v) is 15.7. The topological polar surface area (TPSA) is 71.8 Å². The van der Waals surface area contributed by atoms with Crippen molar-refractivity contribution in [1.82, 2.24) is 20.1 Å². The molecule has 2 N–H and O–H groups in total. The van der Waals surface area contributed by atoms with Crippen LogP contribution < -0.4 is 10.6 Å². The molecule has 3 aromatic rings. The van der Waals surface area contributed by atoms with E-state index in [0.717, 1.165) is 24.4 Å². The molecule has 29 heavy (non-hydrogen) atoms. The van der Waals surface area contributed by atoms with Gasteiger partial charge in [-0.15, -0.1) is 0 Å². The molecule has 0 bridgehead atoms. The summed E-state index contributed by atoms with van der Waals surface area (Å²) in [5.74, 6) is -0.0815. The molecule has 0 aliphatic carbocycles. The van der Waals surface area contributed by atoms with E-state index >= 15 is 0 Å².